The highest BCUT2D eigenvalue weighted by Gasteiger charge is 2.22. The van der Waals surface area contributed by atoms with Crippen molar-refractivity contribution < 1.29 is 13.9 Å². The van der Waals surface area contributed by atoms with Crippen molar-refractivity contribution in [3.8, 4) is 0 Å². The fourth-order valence-electron chi connectivity index (χ4n) is 3.43. The molecule has 4 heteroatoms. The molecule has 0 aliphatic carbocycles. The maximum Gasteiger partial charge on any atom is 0.343 e. The molecule has 4 nitrogen and oxygen atoms in total. The van der Waals surface area contributed by atoms with E-state index in [9.17, 15) is 4.79 Å². The van der Waals surface area contributed by atoms with Gasteiger partial charge in [0, 0.05) is 24.7 Å². The van der Waals surface area contributed by atoms with Crippen LogP contribution in [0.3, 0.4) is 0 Å². The monoisotopic (exact) mass is 373 g/mol. The molecule has 0 unspecified atom stereocenters. The number of nitrogens with zero attached hydrogens (tertiary/aromatic N) is 1. The molecule has 0 N–H and O–H groups in total. The molecule has 0 saturated heterocycles. The lowest BCUT2D eigenvalue weighted by Crippen LogP contribution is -2.20. The van der Waals surface area contributed by atoms with Crippen molar-refractivity contribution in [1.29, 1.82) is 0 Å². The predicted molar refractivity (Wildman–Crippen MR) is 113 cm³/mol. The van der Waals surface area contributed by atoms with Gasteiger partial charge in [-0.05, 0) is 55.8 Å². The topological polar surface area (TPSA) is 42.7 Å². The average Bonchev–Trinajstić information content (AvgIpc) is 3.30. The number of hydrogen-bond donors (Lipinski definition) is 0. The van der Waals surface area contributed by atoms with E-state index in [0.29, 0.717) is 17.1 Å². The van der Waals surface area contributed by atoms with Crippen molar-refractivity contribution in [3.05, 3.63) is 77.1 Å². The van der Waals surface area contributed by atoms with Gasteiger partial charge in [-0.2, -0.15) is 0 Å². The minimum absolute atomic E-state index is 0.361. The summed E-state index contributed by atoms with van der Waals surface area (Å²) < 4.78 is 11.4. The lowest BCUT2D eigenvalue weighted by Gasteiger charge is -2.16. The standard InChI is InChI=1S/C24H23NO3/c1-4-25(5-2)23-11-10-21(27-23)14-20-15-22(28-24(20)26)19-9-8-17-12-16(3)6-7-18(17)13-19/h6-15H,4-5H2,1-3H3/b20-14-. The third-order valence-corrected chi connectivity index (χ3v) is 4.99. The molecule has 0 amide bonds. The number of rotatable bonds is 5. The van der Waals surface area contributed by atoms with E-state index in [2.05, 4.69) is 49.9 Å². The summed E-state index contributed by atoms with van der Waals surface area (Å²) in [5.74, 6) is 1.65. The van der Waals surface area contributed by atoms with E-state index in [1.54, 1.807) is 12.2 Å². The van der Waals surface area contributed by atoms with Crippen LogP contribution in [-0.2, 0) is 9.53 Å². The second-order valence-corrected chi connectivity index (χ2v) is 6.91. The molecule has 0 spiro atoms. The summed E-state index contributed by atoms with van der Waals surface area (Å²) in [6.45, 7) is 7.98. The summed E-state index contributed by atoms with van der Waals surface area (Å²) in [7, 11) is 0. The average molecular weight is 373 g/mol. The van der Waals surface area contributed by atoms with Crippen molar-refractivity contribution >= 4 is 34.5 Å². The maximum atomic E-state index is 12.3. The zero-order chi connectivity index (χ0) is 19.7. The smallest absolute Gasteiger partial charge is 0.343 e. The summed E-state index contributed by atoms with van der Waals surface area (Å²) in [6, 6.07) is 16.2. The van der Waals surface area contributed by atoms with Crippen molar-refractivity contribution in [2.75, 3.05) is 18.0 Å². The zero-order valence-corrected chi connectivity index (χ0v) is 16.4. The zero-order valence-electron chi connectivity index (χ0n) is 16.4. The fourth-order valence-corrected chi connectivity index (χ4v) is 3.43. The van der Waals surface area contributed by atoms with Crippen LogP contribution in [0.4, 0.5) is 5.88 Å². The van der Waals surface area contributed by atoms with E-state index < -0.39 is 0 Å². The molecule has 1 aromatic heterocycles. The first-order valence-corrected chi connectivity index (χ1v) is 9.58. The Morgan fingerprint density at radius 3 is 2.50 bits per heavy atom. The molecule has 1 aliphatic heterocycles. The van der Waals surface area contributed by atoms with E-state index in [1.807, 2.05) is 24.3 Å². The van der Waals surface area contributed by atoms with Gasteiger partial charge in [0.05, 0.1) is 5.57 Å². The minimum Gasteiger partial charge on any atom is -0.441 e. The number of anilines is 1. The van der Waals surface area contributed by atoms with Crippen LogP contribution in [0.1, 0.15) is 30.7 Å². The SMILES string of the molecule is CCN(CC)c1ccc(/C=C2/C=C(c3ccc4cc(C)ccc4c3)OC2=O)o1. The van der Waals surface area contributed by atoms with Crippen molar-refractivity contribution in [1.82, 2.24) is 0 Å². The number of aryl methyl sites for hydroxylation is 1. The van der Waals surface area contributed by atoms with Gasteiger partial charge in [0.2, 0.25) is 0 Å². The van der Waals surface area contributed by atoms with Gasteiger partial charge in [-0.15, -0.1) is 0 Å². The Labute approximate surface area is 164 Å². The highest BCUT2D eigenvalue weighted by Crippen LogP contribution is 2.30. The molecule has 2 heterocycles. The molecule has 3 aromatic rings. The maximum absolute atomic E-state index is 12.3. The third-order valence-electron chi connectivity index (χ3n) is 4.99. The Hall–Kier alpha value is -3.27. The molecule has 2 aromatic carbocycles. The van der Waals surface area contributed by atoms with E-state index in [-0.39, 0.29) is 5.97 Å². The van der Waals surface area contributed by atoms with Crippen molar-refractivity contribution in [3.63, 3.8) is 0 Å². The number of esters is 1. The Morgan fingerprint density at radius 2 is 1.71 bits per heavy atom. The number of furan rings is 1. The number of carbonyl (C=O) groups is 1. The molecule has 4 rings (SSSR count). The van der Waals surface area contributed by atoms with E-state index >= 15 is 0 Å². The van der Waals surface area contributed by atoms with Gasteiger partial charge in [-0.3, -0.25) is 0 Å². The summed E-state index contributed by atoms with van der Waals surface area (Å²) in [5, 5.41) is 2.29. The Kier molecular flexibility index (Phi) is 4.78. The number of benzene rings is 2. The summed E-state index contributed by atoms with van der Waals surface area (Å²) in [5.41, 5.74) is 2.59. The Balaban J connectivity index is 1.63. The quantitative estimate of drug-likeness (QED) is 0.433. The van der Waals surface area contributed by atoms with E-state index in [4.69, 9.17) is 9.15 Å². The van der Waals surface area contributed by atoms with Crippen LogP contribution in [0.2, 0.25) is 0 Å². The molecule has 0 radical (unpaired) electrons. The fraction of sp³-hybridized carbons (Fsp3) is 0.208. The van der Waals surface area contributed by atoms with Crippen LogP contribution in [0.5, 0.6) is 0 Å². The van der Waals surface area contributed by atoms with Crippen LogP contribution >= 0.6 is 0 Å². The lowest BCUT2D eigenvalue weighted by molar-refractivity contribution is -0.130. The van der Waals surface area contributed by atoms with E-state index in [0.717, 1.165) is 29.9 Å². The minimum atomic E-state index is -0.361. The first kappa shape index (κ1) is 18.1. The molecule has 0 saturated carbocycles. The van der Waals surface area contributed by atoms with Crippen molar-refractivity contribution in [2.24, 2.45) is 0 Å². The van der Waals surface area contributed by atoms with Gasteiger partial charge in [-0.25, -0.2) is 4.79 Å². The second-order valence-electron chi connectivity index (χ2n) is 6.91. The molecular formula is C24H23NO3. The number of fused-ring (bicyclic) bond motifs is 1. The first-order valence-electron chi connectivity index (χ1n) is 9.58. The second kappa shape index (κ2) is 7.39. The molecular weight excluding hydrogens is 350 g/mol. The normalized spacial score (nSPS) is 15.2. The Bertz CT molecular complexity index is 1100. The summed E-state index contributed by atoms with van der Waals surface area (Å²) in [4.78, 5) is 14.4. The summed E-state index contributed by atoms with van der Waals surface area (Å²) >= 11 is 0. The molecule has 0 bridgehead atoms. The largest absolute Gasteiger partial charge is 0.441 e. The third kappa shape index (κ3) is 3.46. The van der Waals surface area contributed by atoms with Gasteiger partial charge in [-0.1, -0.05) is 35.9 Å². The number of hydrogen-bond acceptors (Lipinski definition) is 4. The number of ether oxygens (including phenoxy) is 1. The summed E-state index contributed by atoms with van der Waals surface area (Å²) in [6.07, 6.45) is 3.50. The van der Waals surface area contributed by atoms with Crippen LogP contribution < -0.4 is 4.90 Å². The van der Waals surface area contributed by atoms with Gasteiger partial charge >= 0.3 is 5.97 Å². The van der Waals surface area contributed by atoms with Gasteiger partial charge in [0.1, 0.15) is 11.5 Å². The molecule has 1 aliphatic rings. The lowest BCUT2D eigenvalue weighted by atomic mass is 10.0. The molecule has 142 valence electrons. The van der Waals surface area contributed by atoms with Crippen LogP contribution in [-0.4, -0.2) is 19.1 Å². The number of cyclic esters (lactones) is 1. The predicted octanol–water partition coefficient (Wildman–Crippen LogP) is 5.57. The van der Waals surface area contributed by atoms with Gasteiger partial charge in [0.25, 0.3) is 0 Å². The van der Waals surface area contributed by atoms with E-state index in [1.165, 1.54) is 10.9 Å². The van der Waals surface area contributed by atoms with Gasteiger partial charge < -0.3 is 14.1 Å². The van der Waals surface area contributed by atoms with Crippen LogP contribution in [0, 0.1) is 6.92 Å². The highest BCUT2D eigenvalue weighted by atomic mass is 16.5. The van der Waals surface area contributed by atoms with Crippen molar-refractivity contribution in [2.45, 2.75) is 20.8 Å². The number of carbonyl (C=O) groups excluding carboxylic acids is 1. The molecule has 0 fully saturated rings. The van der Waals surface area contributed by atoms with Crippen LogP contribution in [0.25, 0.3) is 22.6 Å². The van der Waals surface area contributed by atoms with Gasteiger partial charge in [0.15, 0.2) is 5.88 Å². The Morgan fingerprint density at radius 1 is 0.964 bits per heavy atom. The molecule has 28 heavy (non-hydrogen) atoms. The first-order chi connectivity index (χ1) is 13.6. The highest BCUT2D eigenvalue weighted by molar-refractivity contribution is 6.05. The van der Waals surface area contributed by atoms with Crippen LogP contribution in [0.15, 0.2) is 64.6 Å². The molecule has 0 atom stereocenters.